The smallest absolute Gasteiger partial charge is 0.164 e. The van der Waals surface area contributed by atoms with Crippen molar-refractivity contribution in [3.63, 3.8) is 0 Å². The summed E-state index contributed by atoms with van der Waals surface area (Å²) in [6, 6.07) is 70.4. The summed E-state index contributed by atoms with van der Waals surface area (Å²) in [5.41, 5.74) is 11.3. The molecule has 60 heavy (non-hydrogen) atoms. The zero-order chi connectivity index (χ0) is 39.6. The summed E-state index contributed by atoms with van der Waals surface area (Å²) in [5, 5.41) is 6.84. The van der Waals surface area contributed by atoms with Crippen LogP contribution in [0.2, 0.25) is 0 Å². The molecule has 4 nitrogen and oxygen atoms in total. The van der Waals surface area contributed by atoms with Crippen LogP contribution in [0.15, 0.2) is 205 Å². The van der Waals surface area contributed by atoms with Crippen molar-refractivity contribution in [2.45, 2.75) is 0 Å². The number of rotatable bonds is 6. The van der Waals surface area contributed by atoms with Gasteiger partial charge in [-0.2, -0.15) is 0 Å². The normalized spacial score (nSPS) is 11.7. The highest BCUT2D eigenvalue weighted by molar-refractivity contribution is 7.26. The Balaban J connectivity index is 1.02. The van der Waals surface area contributed by atoms with Crippen molar-refractivity contribution < 1.29 is 4.42 Å². The van der Waals surface area contributed by atoms with Crippen molar-refractivity contribution in [2.75, 3.05) is 0 Å². The molecule has 0 amide bonds. The molecule has 0 N–H and O–H groups in total. The van der Waals surface area contributed by atoms with Crippen LogP contribution in [0, 0.1) is 0 Å². The monoisotopic (exact) mass is 783 g/mol. The molecule has 12 aromatic rings. The predicted octanol–water partition coefficient (Wildman–Crippen LogP) is 15.3. The van der Waals surface area contributed by atoms with Crippen LogP contribution in [-0.2, 0) is 0 Å². The Morgan fingerprint density at radius 2 is 0.933 bits per heavy atom. The zero-order valence-corrected chi connectivity index (χ0v) is 33.0. The Morgan fingerprint density at radius 3 is 1.80 bits per heavy atom. The van der Waals surface area contributed by atoms with E-state index in [0.29, 0.717) is 17.5 Å². The third kappa shape index (κ3) is 5.86. The minimum Gasteiger partial charge on any atom is -0.456 e. The highest BCUT2D eigenvalue weighted by Gasteiger charge is 2.19. The zero-order valence-electron chi connectivity index (χ0n) is 32.2. The molecule has 9 aromatic carbocycles. The van der Waals surface area contributed by atoms with Crippen LogP contribution in [-0.4, -0.2) is 15.0 Å². The molecular weight excluding hydrogens is 751 g/mol. The average Bonchev–Trinajstić information content (AvgIpc) is 3.90. The maximum absolute atomic E-state index is 6.51. The number of nitrogens with zero attached hydrogens (tertiary/aromatic N) is 3. The molecular formula is C55H33N3OS. The Labute approximate surface area is 349 Å². The lowest BCUT2D eigenvalue weighted by atomic mass is 9.98. The molecule has 0 aliphatic carbocycles. The van der Waals surface area contributed by atoms with Gasteiger partial charge < -0.3 is 4.42 Å². The first kappa shape index (κ1) is 34.3. The second-order valence-corrected chi connectivity index (χ2v) is 16.2. The molecule has 0 unspecified atom stereocenters. The second-order valence-electron chi connectivity index (χ2n) is 15.2. The van der Waals surface area contributed by atoms with Gasteiger partial charge in [-0.05, 0) is 80.6 Å². The standard InChI is InChI=1S/C55H33N3OS/c1-2-11-34(12-3-1)36-23-25-37(26-24-36)39-29-30-48-47(33-39)51-46(20-10-21-49(51)59-48)55-57-53(56-54(58-55)42-28-27-35-13-4-5-14-38(35)31-42)41-16-8-15-40(32-41)43-18-9-19-45-44-17-6-7-22-50(44)60-52(43)45/h1-33H. The summed E-state index contributed by atoms with van der Waals surface area (Å²) in [5.74, 6) is 1.81. The Morgan fingerprint density at radius 1 is 0.333 bits per heavy atom. The summed E-state index contributed by atoms with van der Waals surface area (Å²) in [6.45, 7) is 0. The van der Waals surface area contributed by atoms with E-state index < -0.39 is 0 Å². The minimum absolute atomic E-state index is 0.589. The number of hydrogen-bond donors (Lipinski definition) is 0. The number of fused-ring (bicyclic) bond motifs is 7. The van der Waals surface area contributed by atoms with Gasteiger partial charge in [0.25, 0.3) is 0 Å². The number of furan rings is 1. The number of benzene rings is 9. The van der Waals surface area contributed by atoms with Gasteiger partial charge in [-0.25, -0.2) is 15.0 Å². The van der Waals surface area contributed by atoms with Crippen LogP contribution in [0.5, 0.6) is 0 Å². The maximum atomic E-state index is 6.51. The molecule has 0 spiro atoms. The first-order valence-corrected chi connectivity index (χ1v) is 20.9. The van der Waals surface area contributed by atoms with Crippen LogP contribution in [0.1, 0.15) is 0 Å². The quantitative estimate of drug-likeness (QED) is 0.169. The molecule has 0 aliphatic rings. The van der Waals surface area contributed by atoms with Gasteiger partial charge in [0, 0.05) is 47.6 Å². The van der Waals surface area contributed by atoms with E-state index >= 15 is 0 Å². The SMILES string of the molecule is c1ccc(-c2ccc(-c3ccc4oc5cccc(-c6nc(-c7cccc(-c8cccc9c8sc8ccccc89)c7)nc(-c7ccc8ccccc8c7)n6)c5c4c3)cc2)cc1. The van der Waals surface area contributed by atoms with E-state index in [1.165, 1.54) is 42.2 Å². The fourth-order valence-electron chi connectivity index (χ4n) is 8.56. The van der Waals surface area contributed by atoms with E-state index in [-0.39, 0.29) is 0 Å². The summed E-state index contributed by atoms with van der Waals surface area (Å²) >= 11 is 1.84. The van der Waals surface area contributed by atoms with Gasteiger partial charge in [-0.15, -0.1) is 11.3 Å². The fourth-order valence-corrected chi connectivity index (χ4v) is 9.80. The van der Waals surface area contributed by atoms with Gasteiger partial charge >= 0.3 is 0 Å². The largest absolute Gasteiger partial charge is 0.456 e. The lowest BCUT2D eigenvalue weighted by Crippen LogP contribution is -2.00. The first-order chi connectivity index (χ1) is 29.7. The van der Waals surface area contributed by atoms with Gasteiger partial charge in [0.1, 0.15) is 11.2 Å². The molecule has 3 heterocycles. The molecule has 0 bridgehead atoms. The van der Waals surface area contributed by atoms with E-state index in [4.69, 9.17) is 19.4 Å². The molecule has 0 fully saturated rings. The lowest BCUT2D eigenvalue weighted by molar-refractivity contribution is 0.669. The van der Waals surface area contributed by atoms with Gasteiger partial charge in [-0.3, -0.25) is 0 Å². The van der Waals surface area contributed by atoms with Crippen LogP contribution in [0.4, 0.5) is 0 Å². The molecule has 0 atom stereocenters. The molecule has 12 rings (SSSR count). The highest BCUT2D eigenvalue weighted by atomic mass is 32.1. The number of aromatic nitrogens is 3. The summed E-state index contributed by atoms with van der Waals surface area (Å²) < 4.78 is 9.07. The van der Waals surface area contributed by atoms with Gasteiger partial charge in [0.05, 0.1) is 0 Å². The summed E-state index contributed by atoms with van der Waals surface area (Å²) in [4.78, 5) is 15.7. The average molecular weight is 784 g/mol. The summed E-state index contributed by atoms with van der Waals surface area (Å²) in [7, 11) is 0. The van der Waals surface area contributed by atoms with Crippen LogP contribution in [0.3, 0.4) is 0 Å². The van der Waals surface area contributed by atoms with E-state index in [9.17, 15) is 0 Å². The Bertz CT molecular complexity index is 3610. The minimum atomic E-state index is 0.589. The van der Waals surface area contributed by atoms with Crippen LogP contribution in [0.25, 0.3) is 120 Å². The van der Waals surface area contributed by atoms with Crippen molar-refractivity contribution in [2.24, 2.45) is 0 Å². The molecule has 0 saturated heterocycles. The maximum Gasteiger partial charge on any atom is 0.164 e. The third-order valence-electron chi connectivity index (χ3n) is 11.5. The molecule has 0 radical (unpaired) electrons. The van der Waals surface area contributed by atoms with Crippen molar-refractivity contribution >= 4 is 64.2 Å². The first-order valence-electron chi connectivity index (χ1n) is 20.1. The van der Waals surface area contributed by atoms with Crippen molar-refractivity contribution in [3.8, 4) is 67.5 Å². The van der Waals surface area contributed by atoms with Crippen LogP contribution >= 0.6 is 11.3 Å². The second kappa shape index (κ2) is 14.0. The van der Waals surface area contributed by atoms with Crippen molar-refractivity contribution in [1.29, 1.82) is 0 Å². The van der Waals surface area contributed by atoms with E-state index in [2.05, 4.69) is 182 Å². The predicted molar refractivity (Wildman–Crippen MR) is 250 cm³/mol. The summed E-state index contributed by atoms with van der Waals surface area (Å²) in [6.07, 6.45) is 0. The molecule has 280 valence electrons. The van der Waals surface area contributed by atoms with Gasteiger partial charge in [0.2, 0.25) is 0 Å². The van der Waals surface area contributed by atoms with Crippen molar-refractivity contribution in [1.82, 2.24) is 15.0 Å². The van der Waals surface area contributed by atoms with E-state index in [1.54, 1.807) is 0 Å². The lowest BCUT2D eigenvalue weighted by Gasteiger charge is -2.11. The highest BCUT2D eigenvalue weighted by Crippen LogP contribution is 2.42. The number of hydrogen-bond acceptors (Lipinski definition) is 5. The third-order valence-corrected chi connectivity index (χ3v) is 12.8. The molecule has 3 aromatic heterocycles. The Kier molecular flexibility index (Phi) is 8.00. The molecule has 0 saturated carbocycles. The fraction of sp³-hybridized carbons (Fsp3) is 0. The van der Waals surface area contributed by atoms with Gasteiger partial charge in [-0.1, -0.05) is 164 Å². The topological polar surface area (TPSA) is 51.8 Å². The van der Waals surface area contributed by atoms with Crippen LogP contribution < -0.4 is 0 Å². The van der Waals surface area contributed by atoms with E-state index in [1.807, 2.05) is 29.5 Å². The van der Waals surface area contributed by atoms with Crippen molar-refractivity contribution in [3.05, 3.63) is 200 Å². The molecule has 5 heteroatoms. The molecule has 0 aliphatic heterocycles. The Hall–Kier alpha value is -7.73. The number of thiophene rings is 1. The van der Waals surface area contributed by atoms with E-state index in [0.717, 1.165) is 60.7 Å². The van der Waals surface area contributed by atoms with Gasteiger partial charge in [0.15, 0.2) is 17.5 Å².